The van der Waals surface area contributed by atoms with Crippen LogP contribution in [0.4, 0.5) is 0 Å². The Hall–Kier alpha value is -0.470. The van der Waals surface area contributed by atoms with E-state index in [1.807, 2.05) is 11.8 Å². The van der Waals surface area contributed by atoms with E-state index >= 15 is 0 Å². The zero-order valence-corrected chi connectivity index (χ0v) is 11.5. The van der Waals surface area contributed by atoms with E-state index in [4.69, 9.17) is 0 Å². The average Bonchev–Trinajstić information content (AvgIpc) is 2.25. The second-order valence-electron chi connectivity index (χ2n) is 4.02. The topological polar surface area (TPSA) is 12.4 Å². The highest BCUT2D eigenvalue weighted by Gasteiger charge is 2.09. The van der Waals surface area contributed by atoms with Gasteiger partial charge < -0.3 is 0 Å². The number of nitrogens with zero attached hydrogens (tertiary/aromatic N) is 1. The lowest BCUT2D eigenvalue weighted by atomic mass is 10.0. The summed E-state index contributed by atoms with van der Waals surface area (Å²) in [5.41, 5.74) is 4.25. The number of aliphatic imine (C=N–C) groups is 1. The van der Waals surface area contributed by atoms with Crippen LogP contribution in [-0.4, -0.2) is 17.3 Å². The minimum atomic E-state index is 0. The van der Waals surface area contributed by atoms with Crippen molar-refractivity contribution >= 4 is 29.2 Å². The van der Waals surface area contributed by atoms with E-state index in [9.17, 15) is 0 Å². The van der Waals surface area contributed by atoms with Crippen molar-refractivity contribution in [3.8, 4) is 0 Å². The molecule has 1 aliphatic heterocycles. The van der Waals surface area contributed by atoms with Gasteiger partial charge in [-0.05, 0) is 37.0 Å². The van der Waals surface area contributed by atoms with Crippen LogP contribution in [0, 0.1) is 13.8 Å². The van der Waals surface area contributed by atoms with Gasteiger partial charge in [-0.15, -0.1) is 24.2 Å². The zero-order valence-electron chi connectivity index (χ0n) is 9.82. The summed E-state index contributed by atoms with van der Waals surface area (Å²) < 4.78 is 0. The highest BCUT2D eigenvalue weighted by Crippen LogP contribution is 2.20. The predicted molar refractivity (Wildman–Crippen MR) is 76.2 cm³/mol. The molecular weight excluding hydrogens is 238 g/mol. The number of aryl methyl sites for hydroxylation is 2. The van der Waals surface area contributed by atoms with Gasteiger partial charge >= 0.3 is 0 Å². The van der Waals surface area contributed by atoms with Gasteiger partial charge in [-0.2, -0.15) is 0 Å². The third-order valence-electron chi connectivity index (χ3n) is 2.83. The Kier molecular flexibility index (Phi) is 5.36. The standard InChI is InChI=1S/C13H17NS.ClH/c1-10-5-3-6-11(2)12(10)9-13-14-7-4-8-15-13;/h3,5-6H,4,7-9H2,1-2H3;1H. The van der Waals surface area contributed by atoms with Gasteiger partial charge in [0, 0.05) is 18.7 Å². The van der Waals surface area contributed by atoms with E-state index in [1.165, 1.54) is 33.9 Å². The van der Waals surface area contributed by atoms with Crippen molar-refractivity contribution < 1.29 is 0 Å². The first-order chi connectivity index (χ1) is 7.27. The largest absolute Gasteiger partial charge is 0.283 e. The number of halogens is 1. The lowest BCUT2D eigenvalue weighted by Crippen LogP contribution is -2.08. The van der Waals surface area contributed by atoms with Crippen LogP contribution in [0.1, 0.15) is 23.1 Å². The monoisotopic (exact) mass is 255 g/mol. The molecule has 0 spiro atoms. The minimum Gasteiger partial charge on any atom is -0.283 e. The van der Waals surface area contributed by atoms with E-state index in [0.29, 0.717) is 0 Å². The average molecular weight is 256 g/mol. The fourth-order valence-electron chi connectivity index (χ4n) is 1.89. The highest BCUT2D eigenvalue weighted by atomic mass is 35.5. The van der Waals surface area contributed by atoms with Gasteiger partial charge in [-0.3, -0.25) is 4.99 Å². The summed E-state index contributed by atoms with van der Waals surface area (Å²) in [6.45, 7) is 5.40. The Bertz CT molecular complexity index is 367. The van der Waals surface area contributed by atoms with Crippen LogP contribution in [-0.2, 0) is 6.42 Å². The predicted octanol–water partition coefficient (Wildman–Crippen LogP) is 3.80. The molecule has 1 aliphatic rings. The van der Waals surface area contributed by atoms with Crippen LogP contribution < -0.4 is 0 Å². The molecule has 0 aliphatic carbocycles. The summed E-state index contributed by atoms with van der Waals surface area (Å²) in [5, 5.41) is 1.32. The maximum Gasteiger partial charge on any atom is 0.0720 e. The van der Waals surface area contributed by atoms with Crippen LogP contribution in [0.2, 0.25) is 0 Å². The third kappa shape index (κ3) is 3.26. The van der Waals surface area contributed by atoms with E-state index in [2.05, 4.69) is 37.0 Å². The van der Waals surface area contributed by atoms with E-state index in [0.717, 1.165) is 13.0 Å². The molecule has 0 N–H and O–H groups in total. The first-order valence-corrected chi connectivity index (χ1v) is 6.47. The lowest BCUT2D eigenvalue weighted by Gasteiger charge is -2.14. The number of thioether (sulfide) groups is 1. The van der Waals surface area contributed by atoms with Crippen molar-refractivity contribution in [3.63, 3.8) is 0 Å². The molecule has 2 rings (SSSR count). The maximum absolute atomic E-state index is 4.59. The van der Waals surface area contributed by atoms with E-state index in [1.54, 1.807) is 0 Å². The molecule has 0 aromatic heterocycles. The van der Waals surface area contributed by atoms with Crippen LogP contribution in [0.25, 0.3) is 0 Å². The van der Waals surface area contributed by atoms with Crippen LogP contribution in [0.15, 0.2) is 23.2 Å². The SMILES string of the molecule is Cc1cccc(C)c1CC1=NCCCS1.Cl. The summed E-state index contributed by atoms with van der Waals surface area (Å²) in [7, 11) is 0. The number of benzene rings is 1. The molecule has 0 radical (unpaired) electrons. The van der Waals surface area contributed by atoms with Gasteiger partial charge in [-0.1, -0.05) is 18.2 Å². The molecule has 3 heteroatoms. The highest BCUT2D eigenvalue weighted by molar-refractivity contribution is 8.14. The van der Waals surface area contributed by atoms with E-state index < -0.39 is 0 Å². The van der Waals surface area contributed by atoms with Gasteiger partial charge in [0.05, 0.1) is 5.04 Å². The number of hydrogen-bond acceptors (Lipinski definition) is 2. The van der Waals surface area contributed by atoms with Crippen molar-refractivity contribution in [2.24, 2.45) is 4.99 Å². The molecule has 0 saturated carbocycles. The van der Waals surface area contributed by atoms with Crippen molar-refractivity contribution in [2.75, 3.05) is 12.3 Å². The molecule has 1 aromatic rings. The molecule has 0 bridgehead atoms. The first-order valence-electron chi connectivity index (χ1n) is 5.48. The first kappa shape index (κ1) is 13.6. The Balaban J connectivity index is 0.00000128. The molecule has 88 valence electrons. The smallest absolute Gasteiger partial charge is 0.0720 e. The molecule has 0 atom stereocenters. The number of rotatable bonds is 2. The lowest BCUT2D eigenvalue weighted by molar-refractivity contribution is 0.932. The van der Waals surface area contributed by atoms with Gasteiger partial charge in [0.25, 0.3) is 0 Å². The second kappa shape index (κ2) is 6.31. The summed E-state index contributed by atoms with van der Waals surface area (Å²) in [6, 6.07) is 6.51. The van der Waals surface area contributed by atoms with Gasteiger partial charge in [0.1, 0.15) is 0 Å². The maximum atomic E-state index is 4.59. The Labute approximate surface area is 108 Å². The molecule has 1 heterocycles. The Morgan fingerprint density at radius 3 is 2.50 bits per heavy atom. The van der Waals surface area contributed by atoms with E-state index in [-0.39, 0.29) is 12.4 Å². The molecule has 16 heavy (non-hydrogen) atoms. The second-order valence-corrected chi connectivity index (χ2v) is 5.19. The van der Waals surface area contributed by atoms with Gasteiger partial charge in [0.2, 0.25) is 0 Å². The molecule has 0 fully saturated rings. The molecular formula is C13H18ClNS. The van der Waals surface area contributed by atoms with Crippen molar-refractivity contribution in [1.82, 2.24) is 0 Å². The number of hydrogen-bond donors (Lipinski definition) is 0. The molecule has 1 aromatic carbocycles. The zero-order chi connectivity index (χ0) is 10.7. The summed E-state index contributed by atoms with van der Waals surface area (Å²) in [5.74, 6) is 1.24. The van der Waals surface area contributed by atoms with Crippen LogP contribution >= 0.6 is 24.2 Å². The molecule has 1 nitrogen and oxygen atoms in total. The Morgan fingerprint density at radius 2 is 1.94 bits per heavy atom. The Morgan fingerprint density at radius 1 is 1.25 bits per heavy atom. The molecule has 0 unspecified atom stereocenters. The molecule has 0 saturated heterocycles. The van der Waals surface area contributed by atoms with Crippen LogP contribution in [0.5, 0.6) is 0 Å². The fourth-order valence-corrected chi connectivity index (χ4v) is 2.83. The van der Waals surface area contributed by atoms with Gasteiger partial charge in [0.15, 0.2) is 0 Å². The van der Waals surface area contributed by atoms with Crippen molar-refractivity contribution in [1.29, 1.82) is 0 Å². The normalized spacial score (nSPS) is 15.2. The van der Waals surface area contributed by atoms with Gasteiger partial charge in [-0.25, -0.2) is 0 Å². The summed E-state index contributed by atoms with van der Waals surface area (Å²) in [4.78, 5) is 4.59. The molecule has 0 amide bonds. The fraction of sp³-hybridized carbons (Fsp3) is 0.462. The summed E-state index contributed by atoms with van der Waals surface area (Å²) in [6.07, 6.45) is 2.27. The van der Waals surface area contributed by atoms with Crippen molar-refractivity contribution in [2.45, 2.75) is 26.7 Å². The third-order valence-corrected chi connectivity index (χ3v) is 3.93. The van der Waals surface area contributed by atoms with Crippen LogP contribution in [0.3, 0.4) is 0 Å². The van der Waals surface area contributed by atoms with Crippen molar-refractivity contribution in [3.05, 3.63) is 34.9 Å². The minimum absolute atomic E-state index is 0. The summed E-state index contributed by atoms with van der Waals surface area (Å²) >= 11 is 1.93. The quantitative estimate of drug-likeness (QED) is 0.783.